The highest BCUT2D eigenvalue weighted by Crippen LogP contribution is 2.40. The van der Waals surface area contributed by atoms with Gasteiger partial charge in [0, 0.05) is 23.3 Å². The monoisotopic (exact) mass is 174 g/mol. The van der Waals surface area contributed by atoms with Crippen LogP contribution in [0.3, 0.4) is 0 Å². The molecule has 0 amide bonds. The van der Waals surface area contributed by atoms with Crippen LogP contribution in [0.25, 0.3) is 0 Å². The van der Waals surface area contributed by atoms with Gasteiger partial charge in [0.2, 0.25) is 0 Å². The van der Waals surface area contributed by atoms with Crippen molar-refractivity contribution in [1.29, 1.82) is 0 Å². The van der Waals surface area contributed by atoms with Crippen molar-refractivity contribution in [2.45, 2.75) is 37.6 Å². The molecule has 2 nitrogen and oxygen atoms in total. The fraction of sp³-hybridized carbons (Fsp3) is 0.545. The zero-order chi connectivity index (χ0) is 8.84. The van der Waals surface area contributed by atoms with Gasteiger partial charge in [-0.1, -0.05) is 6.07 Å². The molecular formula is C11H14N2. The number of pyridine rings is 1. The van der Waals surface area contributed by atoms with Gasteiger partial charge in [-0.3, -0.25) is 4.98 Å². The van der Waals surface area contributed by atoms with Crippen molar-refractivity contribution < 1.29 is 0 Å². The number of hydrogen-bond donors (Lipinski definition) is 1. The number of rotatable bonds is 1. The van der Waals surface area contributed by atoms with E-state index in [1.807, 2.05) is 0 Å². The lowest BCUT2D eigenvalue weighted by atomic mass is 10.1. The Labute approximate surface area is 78.2 Å². The van der Waals surface area contributed by atoms with Crippen molar-refractivity contribution in [2.24, 2.45) is 5.73 Å². The molecule has 0 saturated heterocycles. The lowest BCUT2D eigenvalue weighted by molar-refractivity contribution is 0.712. The number of aromatic nitrogens is 1. The van der Waals surface area contributed by atoms with Gasteiger partial charge in [-0.05, 0) is 37.3 Å². The zero-order valence-corrected chi connectivity index (χ0v) is 7.66. The standard InChI is InChI=1S/C11H14N2/c12-9-4-6-11-8(9)3-5-10(13-11)7-1-2-7/h3,5,7,9H,1-2,4,6,12H2. The number of nitrogens with zero attached hydrogens (tertiary/aromatic N) is 1. The van der Waals surface area contributed by atoms with Crippen LogP contribution in [0.5, 0.6) is 0 Å². The molecule has 0 radical (unpaired) electrons. The molecule has 0 bridgehead atoms. The fourth-order valence-corrected chi connectivity index (χ4v) is 2.12. The molecule has 13 heavy (non-hydrogen) atoms. The summed E-state index contributed by atoms with van der Waals surface area (Å²) in [6.45, 7) is 0. The predicted molar refractivity (Wildman–Crippen MR) is 51.5 cm³/mol. The molecule has 1 saturated carbocycles. The minimum absolute atomic E-state index is 0.246. The molecule has 1 aromatic heterocycles. The number of hydrogen-bond acceptors (Lipinski definition) is 2. The molecule has 0 spiro atoms. The second-order valence-corrected chi connectivity index (χ2v) is 4.19. The minimum atomic E-state index is 0.246. The van der Waals surface area contributed by atoms with E-state index in [4.69, 9.17) is 5.73 Å². The third kappa shape index (κ3) is 1.17. The van der Waals surface area contributed by atoms with Crippen molar-refractivity contribution in [2.75, 3.05) is 0 Å². The van der Waals surface area contributed by atoms with Crippen molar-refractivity contribution in [3.05, 3.63) is 29.1 Å². The smallest absolute Gasteiger partial charge is 0.0455 e. The van der Waals surface area contributed by atoms with Crippen molar-refractivity contribution in [3.8, 4) is 0 Å². The van der Waals surface area contributed by atoms with Crippen LogP contribution in [0.15, 0.2) is 12.1 Å². The van der Waals surface area contributed by atoms with E-state index < -0.39 is 0 Å². The first-order chi connectivity index (χ1) is 6.34. The van der Waals surface area contributed by atoms with Crippen LogP contribution in [0, 0.1) is 0 Å². The Morgan fingerprint density at radius 3 is 2.85 bits per heavy atom. The summed E-state index contributed by atoms with van der Waals surface area (Å²) in [6.07, 6.45) is 4.82. The molecule has 1 heterocycles. The first kappa shape index (κ1) is 7.51. The Morgan fingerprint density at radius 2 is 2.08 bits per heavy atom. The van der Waals surface area contributed by atoms with Gasteiger partial charge < -0.3 is 5.73 Å². The molecule has 3 rings (SSSR count). The van der Waals surface area contributed by atoms with E-state index in [-0.39, 0.29) is 6.04 Å². The zero-order valence-electron chi connectivity index (χ0n) is 7.66. The lowest BCUT2D eigenvalue weighted by Crippen LogP contribution is -2.05. The molecule has 0 aromatic carbocycles. The Hall–Kier alpha value is -0.890. The second-order valence-electron chi connectivity index (χ2n) is 4.19. The molecule has 1 unspecified atom stereocenters. The Balaban J connectivity index is 2.02. The summed E-state index contributed by atoms with van der Waals surface area (Å²) in [6, 6.07) is 4.60. The van der Waals surface area contributed by atoms with Gasteiger partial charge in [-0.15, -0.1) is 0 Å². The quantitative estimate of drug-likeness (QED) is 0.706. The SMILES string of the molecule is NC1CCc2nc(C3CC3)ccc21. The topological polar surface area (TPSA) is 38.9 Å². The van der Waals surface area contributed by atoms with E-state index in [9.17, 15) is 0 Å². The van der Waals surface area contributed by atoms with Gasteiger partial charge in [0.05, 0.1) is 0 Å². The van der Waals surface area contributed by atoms with Crippen LogP contribution in [0.1, 0.15) is 48.2 Å². The van der Waals surface area contributed by atoms with Crippen LogP contribution < -0.4 is 5.73 Å². The van der Waals surface area contributed by atoms with Gasteiger partial charge in [0.15, 0.2) is 0 Å². The van der Waals surface area contributed by atoms with Crippen LogP contribution in [0.2, 0.25) is 0 Å². The number of aryl methyl sites for hydroxylation is 1. The highest BCUT2D eigenvalue weighted by atomic mass is 14.8. The molecule has 0 aliphatic heterocycles. The summed E-state index contributed by atoms with van der Waals surface area (Å²) in [5.41, 5.74) is 9.79. The highest BCUT2D eigenvalue weighted by molar-refractivity contribution is 5.32. The molecule has 1 fully saturated rings. The highest BCUT2D eigenvalue weighted by Gasteiger charge is 2.27. The maximum Gasteiger partial charge on any atom is 0.0455 e. The molecular weight excluding hydrogens is 160 g/mol. The molecule has 2 aliphatic carbocycles. The van der Waals surface area contributed by atoms with E-state index in [0.29, 0.717) is 0 Å². The van der Waals surface area contributed by atoms with Gasteiger partial charge in [-0.25, -0.2) is 0 Å². The van der Waals surface area contributed by atoms with Crippen LogP contribution >= 0.6 is 0 Å². The molecule has 68 valence electrons. The third-order valence-corrected chi connectivity index (χ3v) is 3.12. The van der Waals surface area contributed by atoms with Crippen LogP contribution in [-0.4, -0.2) is 4.98 Å². The Morgan fingerprint density at radius 1 is 1.23 bits per heavy atom. The second kappa shape index (κ2) is 2.55. The average molecular weight is 174 g/mol. The summed E-state index contributed by atoms with van der Waals surface area (Å²) in [5, 5.41) is 0. The van der Waals surface area contributed by atoms with Gasteiger partial charge in [-0.2, -0.15) is 0 Å². The van der Waals surface area contributed by atoms with E-state index >= 15 is 0 Å². The summed E-state index contributed by atoms with van der Waals surface area (Å²) < 4.78 is 0. The first-order valence-electron chi connectivity index (χ1n) is 5.10. The van der Waals surface area contributed by atoms with E-state index in [0.717, 1.165) is 18.8 Å². The first-order valence-corrected chi connectivity index (χ1v) is 5.10. The van der Waals surface area contributed by atoms with Gasteiger partial charge in [0.1, 0.15) is 0 Å². The van der Waals surface area contributed by atoms with Gasteiger partial charge >= 0.3 is 0 Å². The summed E-state index contributed by atoms with van der Waals surface area (Å²) in [7, 11) is 0. The van der Waals surface area contributed by atoms with E-state index in [1.54, 1.807) is 0 Å². The van der Waals surface area contributed by atoms with Crippen molar-refractivity contribution in [3.63, 3.8) is 0 Å². The molecule has 2 heteroatoms. The lowest BCUT2D eigenvalue weighted by Gasteiger charge is -2.05. The van der Waals surface area contributed by atoms with Crippen LogP contribution in [0.4, 0.5) is 0 Å². The average Bonchev–Trinajstić information content (AvgIpc) is 2.93. The van der Waals surface area contributed by atoms with Gasteiger partial charge in [0.25, 0.3) is 0 Å². The van der Waals surface area contributed by atoms with Crippen LogP contribution in [-0.2, 0) is 6.42 Å². The predicted octanol–water partition coefficient (Wildman–Crippen LogP) is 1.91. The van der Waals surface area contributed by atoms with E-state index in [2.05, 4.69) is 17.1 Å². The molecule has 2 aliphatic rings. The van der Waals surface area contributed by atoms with Crippen molar-refractivity contribution >= 4 is 0 Å². The normalized spacial score (nSPS) is 26.1. The molecule has 2 N–H and O–H groups in total. The Kier molecular flexibility index (Phi) is 1.47. The van der Waals surface area contributed by atoms with Crippen molar-refractivity contribution in [1.82, 2.24) is 4.98 Å². The summed E-state index contributed by atoms with van der Waals surface area (Å²) in [5.74, 6) is 0.766. The molecule has 1 atom stereocenters. The molecule has 1 aromatic rings. The summed E-state index contributed by atoms with van der Waals surface area (Å²) >= 11 is 0. The number of fused-ring (bicyclic) bond motifs is 1. The minimum Gasteiger partial charge on any atom is -0.324 e. The number of nitrogens with two attached hydrogens (primary N) is 1. The fourth-order valence-electron chi connectivity index (χ4n) is 2.12. The van der Waals surface area contributed by atoms with E-state index in [1.165, 1.54) is 29.8 Å². The largest absolute Gasteiger partial charge is 0.324 e. The maximum atomic E-state index is 5.95. The Bertz CT molecular complexity index is 342. The third-order valence-electron chi connectivity index (χ3n) is 3.12. The summed E-state index contributed by atoms with van der Waals surface area (Å²) in [4.78, 5) is 4.69. The maximum absolute atomic E-state index is 5.95.